The summed E-state index contributed by atoms with van der Waals surface area (Å²) in [7, 11) is 0. The average molecular weight is 460 g/mol. The van der Waals surface area contributed by atoms with Crippen molar-refractivity contribution >= 4 is 23.4 Å². The van der Waals surface area contributed by atoms with Gasteiger partial charge in [0.2, 0.25) is 5.88 Å². The second kappa shape index (κ2) is 10.2. The summed E-state index contributed by atoms with van der Waals surface area (Å²) in [6.45, 7) is 5.14. The molecule has 4 rings (SSSR count). The van der Waals surface area contributed by atoms with Crippen LogP contribution in [0.3, 0.4) is 0 Å². The molecule has 2 heterocycles. The van der Waals surface area contributed by atoms with E-state index >= 15 is 0 Å². The fourth-order valence-corrected chi connectivity index (χ4v) is 3.64. The largest absolute Gasteiger partial charge is 0.494 e. The highest BCUT2D eigenvalue weighted by molar-refractivity contribution is 6.34. The third-order valence-electron chi connectivity index (χ3n) is 5.29. The molecule has 0 unspecified atom stereocenters. The zero-order valence-corrected chi connectivity index (χ0v) is 19.0. The number of rotatable bonds is 9. The number of ether oxygens (including phenoxy) is 2. The van der Waals surface area contributed by atoms with Crippen LogP contribution in [0.25, 0.3) is 0 Å². The number of anilines is 1. The van der Waals surface area contributed by atoms with Gasteiger partial charge in [0.25, 0.3) is 17.7 Å². The van der Waals surface area contributed by atoms with Crippen LogP contribution < -0.4 is 19.7 Å². The molecule has 34 heavy (non-hydrogen) atoms. The van der Waals surface area contributed by atoms with E-state index in [0.717, 1.165) is 16.9 Å². The quantitative estimate of drug-likeness (QED) is 0.486. The Balaban J connectivity index is 1.49. The van der Waals surface area contributed by atoms with Crippen molar-refractivity contribution in [2.45, 2.75) is 26.8 Å². The van der Waals surface area contributed by atoms with Crippen molar-refractivity contribution in [3.05, 3.63) is 83.0 Å². The molecule has 0 spiro atoms. The van der Waals surface area contributed by atoms with Gasteiger partial charge in [-0.15, -0.1) is 0 Å². The molecule has 1 aromatic heterocycles. The minimum Gasteiger partial charge on any atom is -0.494 e. The van der Waals surface area contributed by atoms with Crippen LogP contribution in [0.2, 0.25) is 0 Å². The third-order valence-corrected chi connectivity index (χ3v) is 5.29. The topological polar surface area (TPSA) is 97.8 Å². The zero-order chi connectivity index (χ0) is 24.1. The molecule has 3 amide bonds. The summed E-state index contributed by atoms with van der Waals surface area (Å²) in [6.07, 6.45) is 2.48. The lowest BCUT2D eigenvalue weighted by atomic mass is 10.1. The monoisotopic (exact) mass is 459 g/mol. The smallest absolute Gasteiger partial charge is 0.266 e. The van der Waals surface area contributed by atoms with E-state index in [9.17, 15) is 14.4 Å². The van der Waals surface area contributed by atoms with Crippen LogP contribution in [0.4, 0.5) is 5.69 Å². The maximum absolute atomic E-state index is 13.0. The van der Waals surface area contributed by atoms with Crippen molar-refractivity contribution in [1.29, 1.82) is 0 Å². The average Bonchev–Trinajstić information content (AvgIpc) is 3.11. The van der Waals surface area contributed by atoms with Crippen LogP contribution >= 0.6 is 0 Å². The Bertz CT molecular complexity index is 1220. The maximum Gasteiger partial charge on any atom is 0.266 e. The van der Waals surface area contributed by atoms with Crippen LogP contribution in [-0.2, 0) is 6.54 Å². The molecule has 8 heteroatoms. The van der Waals surface area contributed by atoms with Gasteiger partial charge in [-0.2, -0.15) is 0 Å². The van der Waals surface area contributed by atoms with Gasteiger partial charge in [0.15, 0.2) is 0 Å². The van der Waals surface area contributed by atoms with Crippen LogP contribution in [0.5, 0.6) is 11.6 Å². The van der Waals surface area contributed by atoms with Crippen molar-refractivity contribution in [3.63, 3.8) is 0 Å². The number of nitrogens with zero attached hydrogens (tertiary/aromatic N) is 2. The van der Waals surface area contributed by atoms with Gasteiger partial charge in [-0.25, -0.2) is 9.88 Å². The minimum absolute atomic E-state index is 0.194. The fourth-order valence-electron chi connectivity index (χ4n) is 3.64. The molecule has 0 radical (unpaired) electrons. The molecule has 1 aliphatic heterocycles. The van der Waals surface area contributed by atoms with E-state index in [1.54, 1.807) is 42.6 Å². The number of imide groups is 1. The highest BCUT2D eigenvalue weighted by atomic mass is 16.5. The van der Waals surface area contributed by atoms with Gasteiger partial charge in [0, 0.05) is 23.9 Å². The summed E-state index contributed by atoms with van der Waals surface area (Å²) in [6, 6.07) is 14.8. The molecule has 174 valence electrons. The Morgan fingerprint density at radius 2 is 1.74 bits per heavy atom. The molecular weight excluding hydrogens is 434 g/mol. The van der Waals surface area contributed by atoms with Gasteiger partial charge >= 0.3 is 0 Å². The second-order valence-electron chi connectivity index (χ2n) is 7.63. The first-order valence-corrected chi connectivity index (χ1v) is 11.1. The van der Waals surface area contributed by atoms with Crippen molar-refractivity contribution in [1.82, 2.24) is 10.3 Å². The Morgan fingerprint density at radius 1 is 0.971 bits per heavy atom. The van der Waals surface area contributed by atoms with Crippen molar-refractivity contribution < 1.29 is 23.9 Å². The number of carbonyl (C=O) groups excluding carboxylic acids is 3. The van der Waals surface area contributed by atoms with E-state index in [1.807, 2.05) is 19.9 Å². The molecule has 0 atom stereocenters. The van der Waals surface area contributed by atoms with Gasteiger partial charge in [-0.1, -0.05) is 13.0 Å². The molecule has 2 aromatic carbocycles. The Kier molecular flexibility index (Phi) is 6.87. The van der Waals surface area contributed by atoms with E-state index in [2.05, 4.69) is 10.3 Å². The minimum atomic E-state index is -0.471. The lowest BCUT2D eigenvalue weighted by Gasteiger charge is -2.14. The van der Waals surface area contributed by atoms with E-state index in [1.165, 1.54) is 12.1 Å². The predicted octanol–water partition coefficient (Wildman–Crippen LogP) is 4.00. The summed E-state index contributed by atoms with van der Waals surface area (Å²) in [5.41, 5.74) is 1.93. The predicted molar refractivity (Wildman–Crippen MR) is 126 cm³/mol. The van der Waals surface area contributed by atoms with Gasteiger partial charge < -0.3 is 14.8 Å². The first-order valence-electron chi connectivity index (χ1n) is 11.1. The molecular formula is C26H25N3O5. The maximum atomic E-state index is 13.0. The van der Waals surface area contributed by atoms with Crippen LogP contribution in [0.1, 0.15) is 56.9 Å². The van der Waals surface area contributed by atoms with E-state index in [-0.39, 0.29) is 29.1 Å². The molecule has 1 N–H and O–H groups in total. The normalized spacial score (nSPS) is 12.5. The SMILES string of the molecule is CCCOc1ncccc1CNC(=O)c1ccc2c(c1)C(=O)N(c1ccc(OCC)cc1)C2=O. The molecule has 0 aliphatic carbocycles. The summed E-state index contributed by atoms with van der Waals surface area (Å²) in [4.78, 5) is 44.0. The molecule has 3 aromatic rings. The number of hydrogen-bond donors (Lipinski definition) is 1. The number of nitrogens with one attached hydrogen (secondary N) is 1. The third kappa shape index (κ3) is 4.61. The lowest BCUT2D eigenvalue weighted by Crippen LogP contribution is -2.29. The number of amides is 3. The fraction of sp³-hybridized carbons (Fsp3) is 0.231. The van der Waals surface area contributed by atoms with Crippen LogP contribution in [0, 0.1) is 0 Å². The van der Waals surface area contributed by atoms with Gasteiger partial charge in [0.05, 0.1) is 30.0 Å². The zero-order valence-electron chi connectivity index (χ0n) is 19.0. The number of pyridine rings is 1. The second-order valence-corrected chi connectivity index (χ2v) is 7.63. The van der Waals surface area contributed by atoms with Crippen LogP contribution in [0.15, 0.2) is 60.8 Å². The molecule has 0 fully saturated rings. The van der Waals surface area contributed by atoms with Crippen molar-refractivity contribution in [2.75, 3.05) is 18.1 Å². The molecule has 8 nitrogen and oxygen atoms in total. The highest BCUT2D eigenvalue weighted by Gasteiger charge is 2.37. The van der Waals surface area contributed by atoms with Crippen molar-refractivity contribution in [3.8, 4) is 11.6 Å². The standard InChI is InChI=1S/C26H25N3O5/c1-3-14-34-24-18(6-5-13-27-24)16-28-23(30)17-7-12-21-22(15-17)26(32)29(25(21)31)19-8-10-20(11-9-19)33-4-2/h5-13,15H,3-4,14,16H2,1-2H3,(H,28,30). The van der Waals surface area contributed by atoms with E-state index in [4.69, 9.17) is 9.47 Å². The highest BCUT2D eigenvalue weighted by Crippen LogP contribution is 2.30. The number of fused-ring (bicyclic) bond motifs is 1. The Hall–Kier alpha value is -4.20. The van der Waals surface area contributed by atoms with Gasteiger partial charge in [-0.3, -0.25) is 14.4 Å². The summed E-state index contributed by atoms with van der Waals surface area (Å²) in [5, 5.41) is 2.83. The van der Waals surface area contributed by atoms with Crippen molar-refractivity contribution in [2.24, 2.45) is 0 Å². The van der Waals surface area contributed by atoms with E-state index < -0.39 is 11.8 Å². The molecule has 0 bridgehead atoms. The summed E-state index contributed by atoms with van der Waals surface area (Å²) in [5.74, 6) is -0.137. The first kappa shape index (κ1) is 23.0. The number of carbonyl (C=O) groups is 3. The first-order chi connectivity index (χ1) is 16.5. The Labute approximate surface area is 197 Å². The number of aromatic nitrogens is 1. The van der Waals surface area contributed by atoms with Crippen LogP contribution in [-0.4, -0.2) is 35.9 Å². The number of benzene rings is 2. The summed E-state index contributed by atoms with van der Waals surface area (Å²) < 4.78 is 11.0. The Morgan fingerprint density at radius 3 is 2.47 bits per heavy atom. The lowest BCUT2D eigenvalue weighted by molar-refractivity contribution is 0.0923. The molecule has 1 aliphatic rings. The molecule has 0 saturated heterocycles. The summed E-state index contributed by atoms with van der Waals surface area (Å²) >= 11 is 0. The number of hydrogen-bond acceptors (Lipinski definition) is 6. The van der Waals surface area contributed by atoms with E-state index in [0.29, 0.717) is 30.5 Å². The molecule has 0 saturated carbocycles. The van der Waals surface area contributed by atoms with Gasteiger partial charge in [0.1, 0.15) is 5.75 Å². The van der Waals surface area contributed by atoms with Gasteiger partial charge in [-0.05, 0) is 61.9 Å².